The minimum atomic E-state index is -0.503. The largest absolute Gasteiger partial charge is 0.354 e. The molecule has 0 spiro atoms. The van der Waals surface area contributed by atoms with Crippen molar-refractivity contribution in [1.29, 1.82) is 0 Å². The number of carbonyl (C=O) groups is 2. The highest BCUT2D eigenvalue weighted by molar-refractivity contribution is 6.33. The number of hydrogen-bond acceptors (Lipinski definition) is 3. The fraction of sp³-hybridized carbons (Fsp3) is 0.312. The minimum absolute atomic E-state index is 0.137. The van der Waals surface area contributed by atoms with Crippen molar-refractivity contribution in [1.82, 2.24) is 20.8 Å². The number of halogens is 1. The van der Waals surface area contributed by atoms with E-state index in [9.17, 15) is 9.59 Å². The Hall–Kier alpha value is -2.34. The summed E-state index contributed by atoms with van der Waals surface area (Å²) in [6, 6.07) is 8.41. The van der Waals surface area contributed by atoms with E-state index in [-0.39, 0.29) is 11.8 Å². The Bertz CT molecular complexity index is 728. The molecule has 3 N–H and O–H groups in total. The number of aromatic amines is 1. The highest BCUT2D eigenvalue weighted by Gasteiger charge is 2.23. The van der Waals surface area contributed by atoms with Crippen LogP contribution in [0.15, 0.2) is 30.3 Å². The van der Waals surface area contributed by atoms with Crippen LogP contribution in [-0.2, 0) is 4.79 Å². The zero-order valence-corrected chi connectivity index (χ0v) is 13.2. The van der Waals surface area contributed by atoms with E-state index >= 15 is 0 Å². The molecule has 1 atom stereocenters. The molecule has 0 saturated carbocycles. The monoisotopic (exact) mass is 332 g/mol. The Morgan fingerprint density at radius 1 is 1.30 bits per heavy atom. The lowest BCUT2D eigenvalue weighted by molar-refractivity contribution is -0.122. The predicted octanol–water partition coefficient (Wildman–Crippen LogP) is 2.13. The molecule has 1 aliphatic rings. The van der Waals surface area contributed by atoms with Gasteiger partial charge in [0.25, 0.3) is 5.91 Å². The molecule has 1 aromatic carbocycles. The van der Waals surface area contributed by atoms with E-state index in [2.05, 4.69) is 20.8 Å². The summed E-state index contributed by atoms with van der Waals surface area (Å²) in [5.74, 6) is -0.487. The molecule has 6 nitrogen and oxygen atoms in total. The highest BCUT2D eigenvalue weighted by atomic mass is 35.5. The molecule has 2 aromatic rings. The van der Waals surface area contributed by atoms with Crippen molar-refractivity contribution in [2.75, 3.05) is 6.54 Å². The SMILES string of the molecule is O=C(NC1CCCCNC1=O)c1cc(-c2ccccc2Cl)n[nH]1. The first kappa shape index (κ1) is 15.6. The van der Waals surface area contributed by atoms with Crippen molar-refractivity contribution in [3.63, 3.8) is 0 Å². The first-order valence-corrected chi connectivity index (χ1v) is 7.92. The normalized spacial score (nSPS) is 18.1. The number of amides is 2. The molecule has 2 amide bonds. The van der Waals surface area contributed by atoms with Gasteiger partial charge in [-0.15, -0.1) is 0 Å². The smallest absolute Gasteiger partial charge is 0.269 e. The van der Waals surface area contributed by atoms with Crippen molar-refractivity contribution >= 4 is 23.4 Å². The fourth-order valence-corrected chi connectivity index (χ4v) is 2.79. The Balaban J connectivity index is 1.74. The van der Waals surface area contributed by atoms with Crippen LogP contribution in [0.2, 0.25) is 5.02 Å². The molecule has 0 aliphatic carbocycles. The topological polar surface area (TPSA) is 86.9 Å². The van der Waals surface area contributed by atoms with E-state index in [0.29, 0.717) is 29.4 Å². The van der Waals surface area contributed by atoms with Gasteiger partial charge in [0.15, 0.2) is 0 Å². The molecule has 1 aliphatic heterocycles. The second kappa shape index (κ2) is 6.83. The number of H-pyrrole nitrogens is 1. The summed E-state index contributed by atoms with van der Waals surface area (Å²) in [6.45, 7) is 0.659. The highest BCUT2D eigenvalue weighted by Crippen LogP contribution is 2.26. The lowest BCUT2D eigenvalue weighted by atomic mass is 10.1. The lowest BCUT2D eigenvalue weighted by Crippen LogP contribution is -2.45. The van der Waals surface area contributed by atoms with Gasteiger partial charge >= 0.3 is 0 Å². The van der Waals surface area contributed by atoms with Gasteiger partial charge in [0.1, 0.15) is 11.7 Å². The lowest BCUT2D eigenvalue weighted by Gasteiger charge is -2.14. The third kappa shape index (κ3) is 3.53. The summed E-state index contributed by atoms with van der Waals surface area (Å²) in [5.41, 5.74) is 1.64. The number of carbonyl (C=O) groups excluding carboxylic acids is 2. The fourth-order valence-electron chi connectivity index (χ4n) is 2.56. The van der Waals surface area contributed by atoms with Crippen LogP contribution in [0.3, 0.4) is 0 Å². The molecular weight excluding hydrogens is 316 g/mol. The number of benzene rings is 1. The Kier molecular flexibility index (Phi) is 4.62. The molecule has 2 heterocycles. The zero-order valence-electron chi connectivity index (χ0n) is 12.4. The van der Waals surface area contributed by atoms with Crippen LogP contribution in [-0.4, -0.2) is 34.6 Å². The number of nitrogens with zero attached hydrogens (tertiary/aromatic N) is 1. The average molecular weight is 333 g/mol. The third-order valence-electron chi connectivity index (χ3n) is 3.81. The molecule has 0 bridgehead atoms. The van der Waals surface area contributed by atoms with Gasteiger partial charge in [0.05, 0.1) is 10.7 Å². The van der Waals surface area contributed by atoms with Crippen molar-refractivity contribution in [2.24, 2.45) is 0 Å². The van der Waals surface area contributed by atoms with E-state index < -0.39 is 6.04 Å². The molecule has 1 fully saturated rings. The van der Waals surface area contributed by atoms with Gasteiger partial charge in [-0.2, -0.15) is 5.10 Å². The van der Waals surface area contributed by atoms with Gasteiger partial charge in [-0.1, -0.05) is 29.8 Å². The standard InChI is InChI=1S/C16H17ClN4O2/c17-11-6-2-1-5-10(11)13-9-14(21-20-13)16(23)19-12-7-3-4-8-18-15(12)22/h1-2,5-6,9,12H,3-4,7-8H2,(H,18,22)(H,19,23)(H,20,21). The van der Waals surface area contributed by atoms with Gasteiger partial charge < -0.3 is 10.6 Å². The Morgan fingerprint density at radius 3 is 2.96 bits per heavy atom. The van der Waals surface area contributed by atoms with E-state index in [1.807, 2.05) is 18.2 Å². The summed E-state index contributed by atoms with van der Waals surface area (Å²) in [7, 11) is 0. The maximum Gasteiger partial charge on any atom is 0.269 e. The van der Waals surface area contributed by atoms with Gasteiger partial charge in [-0.25, -0.2) is 0 Å². The summed E-state index contributed by atoms with van der Waals surface area (Å²) in [4.78, 5) is 24.2. The molecule has 1 aromatic heterocycles. The summed E-state index contributed by atoms with van der Waals surface area (Å²) < 4.78 is 0. The second-order valence-corrected chi connectivity index (χ2v) is 5.87. The number of hydrogen-bond donors (Lipinski definition) is 3. The second-order valence-electron chi connectivity index (χ2n) is 5.46. The average Bonchev–Trinajstić information content (AvgIpc) is 2.95. The van der Waals surface area contributed by atoms with Gasteiger partial charge in [0.2, 0.25) is 5.91 Å². The van der Waals surface area contributed by atoms with Crippen molar-refractivity contribution < 1.29 is 9.59 Å². The molecule has 3 rings (SSSR count). The predicted molar refractivity (Wildman–Crippen MR) is 87.1 cm³/mol. The third-order valence-corrected chi connectivity index (χ3v) is 4.14. The van der Waals surface area contributed by atoms with Crippen molar-refractivity contribution in [2.45, 2.75) is 25.3 Å². The molecule has 1 saturated heterocycles. The van der Waals surface area contributed by atoms with Crippen molar-refractivity contribution in [3.8, 4) is 11.3 Å². The Labute approximate surface area is 138 Å². The quantitative estimate of drug-likeness (QED) is 0.804. The van der Waals surface area contributed by atoms with Gasteiger partial charge in [-0.3, -0.25) is 14.7 Å². The van der Waals surface area contributed by atoms with Crippen LogP contribution in [0.5, 0.6) is 0 Å². The van der Waals surface area contributed by atoms with Crippen LogP contribution in [0.4, 0.5) is 0 Å². The molecule has 120 valence electrons. The van der Waals surface area contributed by atoms with Crippen molar-refractivity contribution in [3.05, 3.63) is 41.0 Å². The molecule has 7 heteroatoms. The first-order chi connectivity index (χ1) is 11.1. The number of nitrogens with one attached hydrogen (secondary N) is 3. The Morgan fingerprint density at radius 2 is 2.13 bits per heavy atom. The zero-order chi connectivity index (χ0) is 16.2. The molecule has 1 unspecified atom stereocenters. The maximum atomic E-state index is 12.3. The van der Waals surface area contributed by atoms with Gasteiger partial charge in [-0.05, 0) is 31.4 Å². The molecule has 0 radical (unpaired) electrons. The number of rotatable bonds is 3. The molecular formula is C16H17ClN4O2. The molecule has 23 heavy (non-hydrogen) atoms. The first-order valence-electron chi connectivity index (χ1n) is 7.54. The maximum absolute atomic E-state index is 12.3. The summed E-state index contributed by atoms with van der Waals surface area (Å²) in [5, 5.41) is 12.9. The van der Waals surface area contributed by atoms with Crippen LogP contribution in [0.25, 0.3) is 11.3 Å². The van der Waals surface area contributed by atoms with Crippen LogP contribution >= 0.6 is 11.6 Å². The summed E-state index contributed by atoms with van der Waals surface area (Å²) >= 11 is 6.13. The van der Waals surface area contributed by atoms with Crippen LogP contribution in [0, 0.1) is 0 Å². The van der Waals surface area contributed by atoms with E-state index in [1.54, 1.807) is 12.1 Å². The van der Waals surface area contributed by atoms with Gasteiger partial charge in [0, 0.05) is 12.1 Å². The minimum Gasteiger partial charge on any atom is -0.354 e. The van der Waals surface area contributed by atoms with E-state index in [4.69, 9.17) is 11.6 Å². The van der Waals surface area contributed by atoms with E-state index in [0.717, 1.165) is 18.4 Å². The van der Waals surface area contributed by atoms with Crippen LogP contribution in [0.1, 0.15) is 29.8 Å². The van der Waals surface area contributed by atoms with E-state index in [1.165, 1.54) is 0 Å². The summed E-state index contributed by atoms with van der Waals surface area (Å²) in [6.07, 6.45) is 2.47. The van der Waals surface area contributed by atoms with Crippen LogP contribution < -0.4 is 10.6 Å². The number of aromatic nitrogens is 2.